The van der Waals surface area contributed by atoms with E-state index in [1.54, 1.807) is 0 Å². The van der Waals surface area contributed by atoms with E-state index < -0.39 is 0 Å². The summed E-state index contributed by atoms with van der Waals surface area (Å²) in [6.45, 7) is 6.16. The Kier molecular flexibility index (Phi) is 3.80. The summed E-state index contributed by atoms with van der Waals surface area (Å²) in [5, 5.41) is -0.151. The van der Waals surface area contributed by atoms with E-state index in [1.165, 1.54) is 11.1 Å². The third-order valence-electron chi connectivity index (χ3n) is 3.62. The lowest BCUT2D eigenvalue weighted by atomic mass is 10.1. The van der Waals surface area contributed by atoms with Crippen LogP contribution in [0.2, 0.25) is 0 Å². The van der Waals surface area contributed by atoms with Crippen molar-refractivity contribution in [1.29, 1.82) is 0 Å². The minimum Gasteiger partial charge on any atom is -0.295 e. The van der Waals surface area contributed by atoms with Crippen molar-refractivity contribution < 1.29 is 0 Å². The zero-order chi connectivity index (χ0) is 15.1. The van der Waals surface area contributed by atoms with Crippen LogP contribution >= 0.6 is 27.5 Å². The van der Waals surface area contributed by atoms with E-state index in [2.05, 4.69) is 57.5 Å². The fraction of sp³-hybridized carbons (Fsp3) is 0.235. The van der Waals surface area contributed by atoms with Gasteiger partial charge in [-0.25, -0.2) is 4.98 Å². The van der Waals surface area contributed by atoms with Crippen LogP contribution in [0.4, 0.5) is 0 Å². The normalized spacial score (nSPS) is 12.8. The summed E-state index contributed by atoms with van der Waals surface area (Å²) in [5.41, 5.74) is 5.57. The van der Waals surface area contributed by atoms with Gasteiger partial charge >= 0.3 is 0 Å². The minimum absolute atomic E-state index is 0.151. The highest BCUT2D eigenvalue weighted by Crippen LogP contribution is 2.31. The molecular weight excluding hydrogens is 348 g/mol. The first-order valence-electron chi connectivity index (χ1n) is 6.87. The van der Waals surface area contributed by atoms with E-state index >= 15 is 0 Å². The SMILES string of the molecule is Cc1cc(-n2c(C(C)Cl)nc3ccccc32)cc(C)c1Br. The lowest BCUT2D eigenvalue weighted by Gasteiger charge is -2.13. The van der Waals surface area contributed by atoms with Crippen molar-refractivity contribution in [1.82, 2.24) is 9.55 Å². The summed E-state index contributed by atoms with van der Waals surface area (Å²) in [7, 11) is 0. The Morgan fingerprint density at radius 2 is 1.76 bits per heavy atom. The molecule has 108 valence electrons. The maximum atomic E-state index is 6.35. The smallest absolute Gasteiger partial charge is 0.132 e. The van der Waals surface area contributed by atoms with Gasteiger partial charge in [0, 0.05) is 10.2 Å². The number of imidazole rings is 1. The molecule has 0 aliphatic heterocycles. The highest BCUT2D eigenvalue weighted by molar-refractivity contribution is 9.10. The molecule has 4 heteroatoms. The molecule has 21 heavy (non-hydrogen) atoms. The van der Waals surface area contributed by atoms with Gasteiger partial charge < -0.3 is 0 Å². The third-order valence-corrected chi connectivity index (χ3v) is 5.07. The van der Waals surface area contributed by atoms with Gasteiger partial charge in [-0.05, 0) is 56.2 Å². The number of para-hydroxylation sites is 2. The molecule has 1 unspecified atom stereocenters. The fourth-order valence-corrected chi connectivity index (χ4v) is 3.01. The summed E-state index contributed by atoms with van der Waals surface area (Å²) >= 11 is 9.97. The zero-order valence-corrected chi connectivity index (χ0v) is 14.5. The van der Waals surface area contributed by atoms with Crippen LogP contribution in [0, 0.1) is 13.8 Å². The van der Waals surface area contributed by atoms with Crippen molar-refractivity contribution in [2.24, 2.45) is 0 Å². The molecule has 0 amide bonds. The van der Waals surface area contributed by atoms with Gasteiger partial charge in [0.05, 0.1) is 16.4 Å². The molecule has 1 heterocycles. The van der Waals surface area contributed by atoms with Crippen molar-refractivity contribution in [2.75, 3.05) is 0 Å². The number of halogens is 2. The first-order chi connectivity index (χ1) is 9.99. The number of rotatable bonds is 2. The first-order valence-corrected chi connectivity index (χ1v) is 8.10. The van der Waals surface area contributed by atoms with E-state index in [4.69, 9.17) is 11.6 Å². The van der Waals surface area contributed by atoms with Gasteiger partial charge in [0.15, 0.2) is 0 Å². The van der Waals surface area contributed by atoms with E-state index in [0.29, 0.717) is 0 Å². The third kappa shape index (κ3) is 2.49. The van der Waals surface area contributed by atoms with E-state index in [-0.39, 0.29) is 5.38 Å². The molecule has 0 N–H and O–H groups in total. The number of hydrogen-bond acceptors (Lipinski definition) is 1. The number of aryl methyl sites for hydroxylation is 2. The summed E-state index contributed by atoms with van der Waals surface area (Å²) in [6.07, 6.45) is 0. The molecule has 0 bridgehead atoms. The summed E-state index contributed by atoms with van der Waals surface area (Å²) in [4.78, 5) is 4.69. The van der Waals surface area contributed by atoms with Crippen molar-refractivity contribution in [3.8, 4) is 5.69 Å². The zero-order valence-electron chi connectivity index (χ0n) is 12.2. The minimum atomic E-state index is -0.151. The molecule has 0 saturated heterocycles. The van der Waals surface area contributed by atoms with Crippen LogP contribution in [-0.4, -0.2) is 9.55 Å². The number of nitrogens with zero attached hydrogens (tertiary/aromatic N) is 2. The van der Waals surface area contributed by atoms with Gasteiger partial charge in [-0.2, -0.15) is 0 Å². The van der Waals surface area contributed by atoms with Crippen LogP contribution in [0.15, 0.2) is 40.9 Å². The molecule has 0 spiro atoms. The fourth-order valence-electron chi connectivity index (χ4n) is 2.63. The highest BCUT2D eigenvalue weighted by Gasteiger charge is 2.17. The summed E-state index contributed by atoms with van der Waals surface area (Å²) in [5.74, 6) is 0.874. The van der Waals surface area contributed by atoms with Crippen molar-refractivity contribution in [2.45, 2.75) is 26.1 Å². The van der Waals surface area contributed by atoms with Gasteiger partial charge in [0.1, 0.15) is 5.82 Å². The van der Waals surface area contributed by atoms with E-state index in [1.807, 2.05) is 25.1 Å². The molecule has 2 nitrogen and oxygen atoms in total. The van der Waals surface area contributed by atoms with Crippen molar-refractivity contribution in [3.05, 3.63) is 57.8 Å². The average molecular weight is 364 g/mol. The number of hydrogen-bond donors (Lipinski definition) is 0. The molecule has 3 rings (SSSR count). The van der Waals surface area contributed by atoms with Gasteiger partial charge in [-0.1, -0.05) is 28.1 Å². The second kappa shape index (κ2) is 5.47. The average Bonchev–Trinajstić information content (AvgIpc) is 2.84. The predicted molar refractivity (Wildman–Crippen MR) is 92.5 cm³/mol. The monoisotopic (exact) mass is 362 g/mol. The standard InChI is InChI=1S/C17H16BrClN2/c1-10-8-13(9-11(2)16(10)18)21-15-7-5-4-6-14(15)20-17(21)12(3)19/h4-9,12H,1-3H3. The molecule has 0 fully saturated rings. The molecule has 1 atom stereocenters. The van der Waals surface area contributed by atoms with Crippen LogP contribution in [0.5, 0.6) is 0 Å². The Morgan fingerprint density at radius 3 is 2.38 bits per heavy atom. The molecule has 0 aliphatic carbocycles. The Morgan fingerprint density at radius 1 is 1.14 bits per heavy atom. The summed E-state index contributed by atoms with van der Waals surface area (Å²) in [6, 6.07) is 12.5. The molecule has 3 aromatic rings. The van der Waals surface area contributed by atoms with Crippen LogP contribution < -0.4 is 0 Å². The molecule has 1 aromatic heterocycles. The van der Waals surface area contributed by atoms with E-state index in [0.717, 1.165) is 27.0 Å². The van der Waals surface area contributed by atoms with Crippen LogP contribution in [0.25, 0.3) is 16.7 Å². The number of fused-ring (bicyclic) bond motifs is 1. The molecular formula is C17H16BrClN2. The van der Waals surface area contributed by atoms with Crippen LogP contribution in [-0.2, 0) is 0 Å². The maximum Gasteiger partial charge on any atom is 0.132 e. The van der Waals surface area contributed by atoms with Crippen LogP contribution in [0.1, 0.15) is 29.3 Å². The van der Waals surface area contributed by atoms with Gasteiger partial charge in [-0.3, -0.25) is 4.57 Å². The molecule has 0 saturated carbocycles. The highest BCUT2D eigenvalue weighted by atomic mass is 79.9. The van der Waals surface area contributed by atoms with Gasteiger partial charge in [0.25, 0.3) is 0 Å². The maximum absolute atomic E-state index is 6.35. The first kappa shape index (κ1) is 14.6. The Bertz CT molecular complexity index is 798. The number of aromatic nitrogens is 2. The molecule has 0 radical (unpaired) electrons. The number of alkyl halides is 1. The second-order valence-corrected chi connectivity index (χ2v) is 6.75. The van der Waals surface area contributed by atoms with E-state index in [9.17, 15) is 0 Å². The van der Waals surface area contributed by atoms with Crippen molar-refractivity contribution >= 4 is 38.6 Å². The summed E-state index contributed by atoms with van der Waals surface area (Å²) < 4.78 is 3.30. The van der Waals surface area contributed by atoms with Crippen molar-refractivity contribution in [3.63, 3.8) is 0 Å². The predicted octanol–water partition coefficient (Wildman–Crippen LogP) is 5.70. The Labute approximate surface area is 137 Å². The topological polar surface area (TPSA) is 17.8 Å². The molecule has 2 aromatic carbocycles. The lowest BCUT2D eigenvalue weighted by molar-refractivity contribution is 0.880. The second-order valence-electron chi connectivity index (χ2n) is 5.30. The Balaban J connectivity index is 2.35. The van der Waals surface area contributed by atoms with Gasteiger partial charge in [-0.15, -0.1) is 11.6 Å². The quantitative estimate of drug-likeness (QED) is 0.534. The van der Waals surface area contributed by atoms with Gasteiger partial charge in [0.2, 0.25) is 0 Å². The Hall–Kier alpha value is -1.32. The number of benzene rings is 2. The largest absolute Gasteiger partial charge is 0.295 e. The molecule has 0 aliphatic rings. The lowest BCUT2D eigenvalue weighted by Crippen LogP contribution is -2.03. The van der Waals surface area contributed by atoms with Crippen LogP contribution in [0.3, 0.4) is 0 Å².